The predicted octanol–water partition coefficient (Wildman–Crippen LogP) is 5.99. The summed E-state index contributed by atoms with van der Waals surface area (Å²) in [5, 5.41) is 2.76. The number of anilines is 1. The molecule has 1 amide bonds. The second-order valence-electron chi connectivity index (χ2n) is 7.07. The molecule has 0 aliphatic carbocycles. The summed E-state index contributed by atoms with van der Waals surface area (Å²) in [6.45, 7) is 0.264. The molecule has 0 aliphatic heterocycles. The zero-order valence-electron chi connectivity index (χ0n) is 17.2. The Hall–Kier alpha value is -4.20. The molecule has 0 spiro atoms. The van der Waals surface area contributed by atoms with Gasteiger partial charge in [0.15, 0.2) is 0 Å². The number of amides is 1. The molecule has 0 unspecified atom stereocenters. The summed E-state index contributed by atoms with van der Waals surface area (Å²) in [5.41, 5.74) is 1.82. The molecule has 2 aromatic carbocycles. The average molecular weight is 449 g/mol. The Morgan fingerprint density at radius 3 is 2.30 bits per heavy atom. The first-order chi connectivity index (χ1) is 15.9. The number of carbonyl (C=O) groups is 1. The first-order valence-corrected chi connectivity index (χ1v) is 9.97. The van der Waals surface area contributed by atoms with Gasteiger partial charge < -0.3 is 10.1 Å². The second-order valence-corrected chi connectivity index (χ2v) is 7.07. The Balaban J connectivity index is 1.46. The largest absolute Gasteiger partial charge is 0.471 e. The van der Waals surface area contributed by atoms with E-state index in [1.165, 1.54) is 18.3 Å². The minimum atomic E-state index is -4.42. The third kappa shape index (κ3) is 5.54. The summed E-state index contributed by atoms with van der Waals surface area (Å²) in [7, 11) is 0. The topological polar surface area (TPSA) is 64.1 Å². The number of rotatable bonds is 6. The van der Waals surface area contributed by atoms with Crippen LogP contribution in [0.2, 0.25) is 0 Å². The fourth-order valence-electron chi connectivity index (χ4n) is 3.14. The predicted molar refractivity (Wildman–Crippen MR) is 118 cm³/mol. The molecule has 4 aromatic rings. The number of nitrogens with zero attached hydrogens (tertiary/aromatic N) is 2. The maximum atomic E-state index is 12.9. The minimum absolute atomic E-state index is 0.264. The van der Waals surface area contributed by atoms with E-state index in [2.05, 4.69) is 15.3 Å². The van der Waals surface area contributed by atoms with Crippen molar-refractivity contribution in [1.29, 1.82) is 0 Å². The van der Waals surface area contributed by atoms with Crippen LogP contribution in [0.1, 0.15) is 21.6 Å². The average Bonchev–Trinajstić information content (AvgIpc) is 2.84. The Labute approximate surface area is 187 Å². The first kappa shape index (κ1) is 22.0. The molecule has 0 aliphatic rings. The summed E-state index contributed by atoms with van der Waals surface area (Å²) in [6, 6.07) is 20.2. The highest BCUT2D eigenvalue weighted by atomic mass is 19.4. The summed E-state index contributed by atoms with van der Waals surface area (Å²) >= 11 is 0. The minimum Gasteiger partial charge on any atom is -0.471 e. The lowest BCUT2D eigenvalue weighted by atomic mass is 9.98. The lowest BCUT2D eigenvalue weighted by Gasteiger charge is -2.12. The van der Waals surface area contributed by atoms with E-state index < -0.39 is 17.6 Å². The summed E-state index contributed by atoms with van der Waals surface area (Å²) < 4.78 is 44.1. The van der Waals surface area contributed by atoms with Gasteiger partial charge in [0, 0.05) is 17.8 Å². The zero-order valence-corrected chi connectivity index (χ0v) is 17.2. The van der Waals surface area contributed by atoms with E-state index >= 15 is 0 Å². The van der Waals surface area contributed by atoms with Crippen molar-refractivity contribution in [1.82, 2.24) is 9.97 Å². The highest BCUT2D eigenvalue weighted by Crippen LogP contribution is 2.32. The van der Waals surface area contributed by atoms with Gasteiger partial charge in [-0.3, -0.25) is 9.78 Å². The number of nitrogens with one attached hydrogen (secondary N) is 1. The highest BCUT2D eigenvalue weighted by molar-refractivity contribution is 6.08. The molecule has 5 nitrogen and oxygen atoms in total. The summed E-state index contributed by atoms with van der Waals surface area (Å²) in [5.74, 6) is -0.0294. The van der Waals surface area contributed by atoms with Crippen LogP contribution in [-0.4, -0.2) is 15.9 Å². The van der Waals surface area contributed by atoms with Crippen LogP contribution in [0.25, 0.3) is 11.1 Å². The third-order valence-corrected chi connectivity index (χ3v) is 4.78. The van der Waals surface area contributed by atoms with Gasteiger partial charge in [-0.25, -0.2) is 4.98 Å². The van der Waals surface area contributed by atoms with Crippen molar-refractivity contribution in [2.75, 3.05) is 5.32 Å². The van der Waals surface area contributed by atoms with Crippen molar-refractivity contribution >= 4 is 11.6 Å². The van der Waals surface area contributed by atoms with E-state index in [-0.39, 0.29) is 6.61 Å². The maximum absolute atomic E-state index is 12.9. The van der Waals surface area contributed by atoms with Crippen molar-refractivity contribution in [3.63, 3.8) is 0 Å². The van der Waals surface area contributed by atoms with Gasteiger partial charge in [0.2, 0.25) is 5.88 Å². The molecule has 0 fully saturated rings. The van der Waals surface area contributed by atoms with Gasteiger partial charge >= 0.3 is 6.18 Å². The lowest BCUT2D eigenvalue weighted by molar-refractivity contribution is -0.137. The SMILES string of the molecule is O=C(Nc1ccc(OCc2ccccn2)nc1)c1ccccc1-c1ccc(C(F)(F)F)cc1. The van der Waals surface area contributed by atoms with E-state index in [9.17, 15) is 18.0 Å². The molecular formula is C25H18F3N3O2. The second kappa shape index (κ2) is 9.52. The number of benzene rings is 2. The Morgan fingerprint density at radius 2 is 1.64 bits per heavy atom. The number of halogens is 3. The first-order valence-electron chi connectivity index (χ1n) is 9.97. The van der Waals surface area contributed by atoms with Crippen molar-refractivity contribution in [3.8, 4) is 17.0 Å². The molecule has 0 bridgehead atoms. The number of alkyl halides is 3. The molecule has 33 heavy (non-hydrogen) atoms. The molecule has 4 rings (SSSR count). The lowest BCUT2D eigenvalue weighted by Crippen LogP contribution is -2.13. The van der Waals surface area contributed by atoms with E-state index in [0.29, 0.717) is 28.3 Å². The molecule has 1 N–H and O–H groups in total. The molecule has 0 saturated carbocycles. The monoisotopic (exact) mass is 449 g/mol. The van der Waals surface area contributed by atoms with Gasteiger partial charge in [-0.15, -0.1) is 0 Å². The van der Waals surface area contributed by atoms with Crippen LogP contribution in [0.15, 0.2) is 91.3 Å². The highest BCUT2D eigenvalue weighted by Gasteiger charge is 2.30. The quantitative estimate of drug-likeness (QED) is 0.393. The maximum Gasteiger partial charge on any atom is 0.416 e. The number of hydrogen-bond donors (Lipinski definition) is 1. The Bertz CT molecular complexity index is 1230. The zero-order chi connectivity index (χ0) is 23.3. The van der Waals surface area contributed by atoms with Gasteiger partial charge in [0.25, 0.3) is 5.91 Å². The fraction of sp³-hybridized carbons (Fsp3) is 0.0800. The van der Waals surface area contributed by atoms with E-state index in [4.69, 9.17) is 4.74 Å². The molecule has 8 heteroatoms. The van der Waals surface area contributed by atoms with Crippen LogP contribution in [0.4, 0.5) is 18.9 Å². The normalized spacial score (nSPS) is 11.1. The molecule has 2 heterocycles. The van der Waals surface area contributed by atoms with Crippen molar-refractivity contribution in [3.05, 3.63) is 108 Å². The van der Waals surface area contributed by atoms with Crippen LogP contribution >= 0.6 is 0 Å². The van der Waals surface area contributed by atoms with Crippen LogP contribution < -0.4 is 10.1 Å². The molecule has 0 atom stereocenters. The van der Waals surface area contributed by atoms with Gasteiger partial charge in [-0.05, 0) is 47.5 Å². The van der Waals surface area contributed by atoms with Crippen molar-refractivity contribution in [2.45, 2.75) is 12.8 Å². The van der Waals surface area contributed by atoms with Crippen LogP contribution in [-0.2, 0) is 12.8 Å². The van der Waals surface area contributed by atoms with Gasteiger partial charge in [0.05, 0.1) is 23.1 Å². The van der Waals surface area contributed by atoms with Crippen LogP contribution in [0.3, 0.4) is 0 Å². The molecule has 0 radical (unpaired) electrons. The standard InChI is InChI=1S/C25H18F3N3O2/c26-25(27,28)18-10-8-17(9-11-18)21-6-1-2-7-22(21)24(32)31-19-12-13-23(30-15-19)33-16-20-5-3-4-14-29-20/h1-15H,16H2,(H,31,32). The van der Waals surface area contributed by atoms with Gasteiger partial charge in [-0.1, -0.05) is 36.4 Å². The van der Waals surface area contributed by atoms with E-state index in [1.807, 2.05) is 18.2 Å². The summed E-state index contributed by atoms with van der Waals surface area (Å²) in [4.78, 5) is 21.2. The Morgan fingerprint density at radius 1 is 0.879 bits per heavy atom. The third-order valence-electron chi connectivity index (χ3n) is 4.78. The van der Waals surface area contributed by atoms with Gasteiger partial charge in [-0.2, -0.15) is 13.2 Å². The number of aromatic nitrogens is 2. The van der Waals surface area contributed by atoms with Crippen LogP contribution in [0.5, 0.6) is 5.88 Å². The number of hydrogen-bond acceptors (Lipinski definition) is 4. The van der Waals surface area contributed by atoms with E-state index in [1.54, 1.807) is 42.6 Å². The molecule has 166 valence electrons. The molecule has 2 aromatic heterocycles. The number of ether oxygens (including phenoxy) is 1. The molecule has 0 saturated heterocycles. The number of carbonyl (C=O) groups excluding carboxylic acids is 1. The fourth-order valence-corrected chi connectivity index (χ4v) is 3.14. The smallest absolute Gasteiger partial charge is 0.416 e. The van der Waals surface area contributed by atoms with Gasteiger partial charge in [0.1, 0.15) is 6.61 Å². The van der Waals surface area contributed by atoms with Crippen molar-refractivity contribution < 1.29 is 22.7 Å². The summed E-state index contributed by atoms with van der Waals surface area (Å²) in [6.07, 6.45) is -1.28. The van der Waals surface area contributed by atoms with E-state index in [0.717, 1.165) is 17.8 Å². The number of pyridine rings is 2. The van der Waals surface area contributed by atoms with Crippen LogP contribution in [0, 0.1) is 0 Å². The Kier molecular flexibility index (Phi) is 6.35. The van der Waals surface area contributed by atoms with Crippen molar-refractivity contribution in [2.24, 2.45) is 0 Å². The molecular weight excluding hydrogens is 431 g/mol.